The highest BCUT2D eigenvalue weighted by Gasteiger charge is 1.93. The van der Waals surface area contributed by atoms with E-state index in [4.69, 9.17) is 3.79 Å². The Morgan fingerprint density at radius 2 is 2.00 bits per heavy atom. The summed E-state index contributed by atoms with van der Waals surface area (Å²) in [6, 6.07) is 0. The Hall–Kier alpha value is 0.782. The minimum absolute atomic E-state index is 0. The fourth-order valence-corrected chi connectivity index (χ4v) is 1.04. The summed E-state index contributed by atoms with van der Waals surface area (Å²) in [4.78, 5) is 0. The molecular formula is C7H17AlClO. The van der Waals surface area contributed by atoms with E-state index < -0.39 is 0 Å². The molecule has 0 aliphatic carbocycles. The Morgan fingerprint density at radius 1 is 1.40 bits per heavy atom. The maximum atomic E-state index is 5.38. The molecule has 0 fully saturated rings. The van der Waals surface area contributed by atoms with Crippen molar-refractivity contribution >= 4 is 28.0 Å². The van der Waals surface area contributed by atoms with E-state index in [1.807, 2.05) is 0 Å². The molecule has 3 heteroatoms. The van der Waals surface area contributed by atoms with Gasteiger partial charge in [-0.15, -0.1) is 12.4 Å². The van der Waals surface area contributed by atoms with Gasteiger partial charge in [0.2, 0.25) is 0 Å². The van der Waals surface area contributed by atoms with Gasteiger partial charge >= 0.3 is 15.6 Å². The van der Waals surface area contributed by atoms with Crippen LogP contribution in [0.2, 0.25) is 5.28 Å². The molecule has 1 nitrogen and oxygen atoms in total. The zero-order valence-electron chi connectivity index (χ0n) is 7.09. The number of hydrogen-bond acceptors (Lipinski definition) is 1. The minimum atomic E-state index is 0. The van der Waals surface area contributed by atoms with Crippen LogP contribution in [-0.4, -0.2) is 22.2 Å². The lowest BCUT2D eigenvalue weighted by atomic mass is 10.2. The molecule has 0 saturated heterocycles. The molecule has 0 bridgehead atoms. The maximum absolute atomic E-state index is 5.38. The summed E-state index contributed by atoms with van der Waals surface area (Å²) in [5.74, 6) is 0.793. The first-order valence-corrected chi connectivity index (χ1v) is 4.99. The summed E-state index contributed by atoms with van der Waals surface area (Å²) >= 11 is 0.297. The molecular weight excluding hydrogens is 163 g/mol. The second kappa shape index (κ2) is 9.78. The van der Waals surface area contributed by atoms with Gasteiger partial charge in [0.1, 0.15) is 0 Å². The quantitative estimate of drug-likeness (QED) is 0.466. The van der Waals surface area contributed by atoms with Crippen molar-refractivity contribution in [2.24, 2.45) is 5.92 Å². The summed E-state index contributed by atoms with van der Waals surface area (Å²) in [5.41, 5.74) is 0. The van der Waals surface area contributed by atoms with Gasteiger partial charge in [-0.3, -0.25) is 0 Å². The van der Waals surface area contributed by atoms with Crippen molar-refractivity contribution in [1.29, 1.82) is 0 Å². The van der Waals surface area contributed by atoms with Gasteiger partial charge in [0.25, 0.3) is 0 Å². The van der Waals surface area contributed by atoms with E-state index in [2.05, 4.69) is 20.8 Å². The van der Waals surface area contributed by atoms with Crippen LogP contribution in [0.5, 0.6) is 0 Å². The average molecular weight is 180 g/mol. The average Bonchev–Trinajstić information content (AvgIpc) is 1.80. The molecule has 0 aromatic rings. The van der Waals surface area contributed by atoms with Gasteiger partial charge in [0.05, 0.1) is 0 Å². The third-order valence-electron chi connectivity index (χ3n) is 1.10. The first-order valence-electron chi connectivity index (χ1n) is 3.70. The Labute approximate surface area is 77.0 Å². The van der Waals surface area contributed by atoms with Crippen molar-refractivity contribution < 1.29 is 3.79 Å². The Balaban J connectivity index is 0. The molecule has 0 aliphatic rings. The van der Waals surface area contributed by atoms with E-state index in [1.54, 1.807) is 0 Å². The first-order chi connectivity index (χ1) is 4.27. The summed E-state index contributed by atoms with van der Waals surface area (Å²) in [7, 11) is 0. The topological polar surface area (TPSA) is 9.23 Å². The van der Waals surface area contributed by atoms with Crippen molar-refractivity contribution in [3.63, 3.8) is 0 Å². The highest BCUT2D eigenvalue weighted by molar-refractivity contribution is 6.26. The van der Waals surface area contributed by atoms with Gasteiger partial charge in [-0.05, 0) is 12.3 Å². The number of hydrogen-bond donors (Lipinski definition) is 0. The third kappa shape index (κ3) is 11.6. The lowest BCUT2D eigenvalue weighted by Crippen LogP contribution is -2.01. The van der Waals surface area contributed by atoms with Crippen molar-refractivity contribution in [1.82, 2.24) is 0 Å². The van der Waals surface area contributed by atoms with E-state index in [-0.39, 0.29) is 12.4 Å². The van der Waals surface area contributed by atoms with Crippen molar-refractivity contribution in [3.05, 3.63) is 0 Å². The molecule has 0 N–H and O–H groups in total. The molecule has 0 unspecified atom stereocenters. The second-order valence-electron chi connectivity index (χ2n) is 2.63. The summed E-state index contributed by atoms with van der Waals surface area (Å²) in [5, 5.41) is 1.22. The Bertz CT molecular complexity index is 59.6. The van der Waals surface area contributed by atoms with Gasteiger partial charge in [-0.1, -0.05) is 26.1 Å². The lowest BCUT2D eigenvalue weighted by Gasteiger charge is -2.04. The third-order valence-corrected chi connectivity index (χ3v) is 1.90. The lowest BCUT2D eigenvalue weighted by molar-refractivity contribution is 0.304. The van der Waals surface area contributed by atoms with Gasteiger partial charge in [0, 0.05) is 6.61 Å². The van der Waals surface area contributed by atoms with Crippen molar-refractivity contribution in [3.8, 4) is 0 Å². The maximum Gasteiger partial charge on any atom is 0.423 e. The van der Waals surface area contributed by atoms with Crippen molar-refractivity contribution in [2.45, 2.75) is 32.5 Å². The fourth-order valence-electron chi connectivity index (χ4n) is 0.505. The highest BCUT2D eigenvalue weighted by atomic mass is 35.5. The van der Waals surface area contributed by atoms with Crippen LogP contribution < -0.4 is 0 Å². The molecule has 0 spiro atoms. The molecule has 0 rings (SSSR count). The molecule has 0 saturated carbocycles. The van der Waals surface area contributed by atoms with E-state index in [1.165, 1.54) is 11.7 Å². The zero-order valence-corrected chi connectivity index (χ0v) is 9.06. The van der Waals surface area contributed by atoms with Crippen LogP contribution in [0.15, 0.2) is 0 Å². The Morgan fingerprint density at radius 3 is 2.40 bits per heavy atom. The summed E-state index contributed by atoms with van der Waals surface area (Å²) < 4.78 is 5.38. The summed E-state index contributed by atoms with van der Waals surface area (Å²) in [6.45, 7) is 7.60. The molecule has 0 amide bonds. The van der Waals surface area contributed by atoms with E-state index in [0.29, 0.717) is 15.6 Å². The zero-order chi connectivity index (χ0) is 7.11. The normalized spacial score (nSPS) is 9.20. The van der Waals surface area contributed by atoms with Gasteiger partial charge in [-0.2, -0.15) is 0 Å². The standard InChI is InChI=1S/C5H11O.C2H5.Al.ClH/c1-5(2)3-4-6;1-2;;/h5H,3-4H2,1-2H3;1H2,2H3;;1H/q-1;;+1;. The van der Waals surface area contributed by atoms with Crippen molar-refractivity contribution in [2.75, 3.05) is 6.61 Å². The molecule has 0 aromatic heterocycles. The van der Waals surface area contributed by atoms with Crippen LogP contribution in [0.25, 0.3) is 0 Å². The molecule has 0 heterocycles. The van der Waals surface area contributed by atoms with E-state index in [9.17, 15) is 0 Å². The number of rotatable bonds is 5. The first kappa shape index (κ1) is 13.4. The molecule has 61 valence electrons. The van der Waals surface area contributed by atoms with Crippen LogP contribution in [0.3, 0.4) is 0 Å². The largest absolute Gasteiger partial charge is 0.507 e. The molecule has 0 aromatic carbocycles. The van der Waals surface area contributed by atoms with Gasteiger partial charge in [0.15, 0.2) is 0 Å². The smallest absolute Gasteiger partial charge is 0.423 e. The predicted molar refractivity (Wildman–Crippen MR) is 48.9 cm³/mol. The van der Waals surface area contributed by atoms with Crippen LogP contribution in [-0.2, 0) is 3.79 Å². The predicted octanol–water partition coefficient (Wildman–Crippen LogP) is 2.53. The van der Waals surface area contributed by atoms with E-state index in [0.717, 1.165) is 12.5 Å². The fraction of sp³-hybridized carbons (Fsp3) is 1.00. The second-order valence-corrected chi connectivity index (χ2v) is 4.11. The van der Waals surface area contributed by atoms with Crippen LogP contribution >= 0.6 is 12.4 Å². The van der Waals surface area contributed by atoms with Gasteiger partial charge in [-0.25, -0.2) is 0 Å². The molecule has 0 aliphatic heterocycles. The number of halogens is 1. The minimum Gasteiger partial charge on any atom is -0.507 e. The molecule has 1 radical (unpaired) electrons. The summed E-state index contributed by atoms with van der Waals surface area (Å²) in [6.07, 6.45) is 1.22. The molecule has 0 atom stereocenters. The Kier molecular flexibility index (Phi) is 13.1. The SMILES string of the molecule is C[CH2][Al][O]CCC(C)C.Cl. The monoisotopic (exact) mass is 179 g/mol. The molecule has 10 heavy (non-hydrogen) atoms. The van der Waals surface area contributed by atoms with Gasteiger partial charge < -0.3 is 3.79 Å². The van der Waals surface area contributed by atoms with E-state index >= 15 is 0 Å². The highest BCUT2D eigenvalue weighted by Crippen LogP contribution is 1.98. The van der Waals surface area contributed by atoms with Crippen LogP contribution in [0, 0.1) is 5.92 Å². The van der Waals surface area contributed by atoms with Crippen LogP contribution in [0.1, 0.15) is 27.2 Å². The van der Waals surface area contributed by atoms with Crippen LogP contribution in [0.4, 0.5) is 0 Å².